The summed E-state index contributed by atoms with van der Waals surface area (Å²) in [7, 11) is -3.59. The summed E-state index contributed by atoms with van der Waals surface area (Å²) >= 11 is 1.25. The molecule has 0 saturated heterocycles. The zero-order valence-electron chi connectivity index (χ0n) is 19.3. The molecule has 0 unspecified atom stereocenters. The summed E-state index contributed by atoms with van der Waals surface area (Å²) in [5.74, 6) is 0.331. The SMILES string of the molecule is CCCCN(CCCC)S(=O)(=O)c1ccc2nc(NC(=O)COc3ccccc3C)sc2c1. The lowest BCUT2D eigenvalue weighted by Gasteiger charge is -2.21. The molecule has 1 amide bonds. The van der Waals surface area contributed by atoms with Crippen LogP contribution in [0.15, 0.2) is 47.4 Å². The summed E-state index contributed by atoms with van der Waals surface area (Å²) in [5, 5.41) is 3.15. The van der Waals surface area contributed by atoms with E-state index in [-0.39, 0.29) is 17.4 Å². The summed E-state index contributed by atoms with van der Waals surface area (Å²) in [6.45, 7) is 6.91. The number of benzene rings is 2. The third-order valence-electron chi connectivity index (χ3n) is 5.22. The first-order valence-corrected chi connectivity index (χ1v) is 13.5. The standard InChI is InChI=1S/C24H31N3O4S2/c1-4-6-14-27(15-7-5-2)33(29,30)19-12-13-20-22(16-19)32-24(25-20)26-23(28)17-31-21-11-9-8-10-18(21)3/h8-13,16H,4-7,14-15,17H2,1-3H3,(H,25,26,28). The van der Waals surface area contributed by atoms with Crippen LogP contribution in [0.2, 0.25) is 0 Å². The molecule has 1 heterocycles. The first kappa shape index (κ1) is 25.1. The lowest BCUT2D eigenvalue weighted by Crippen LogP contribution is -2.33. The number of hydrogen-bond acceptors (Lipinski definition) is 6. The summed E-state index contributed by atoms with van der Waals surface area (Å²) in [5.41, 5.74) is 1.59. The Bertz CT molecular complexity index is 1180. The highest BCUT2D eigenvalue weighted by molar-refractivity contribution is 7.89. The molecule has 0 bridgehead atoms. The zero-order valence-corrected chi connectivity index (χ0v) is 21.0. The number of hydrogen-bond donors (Lipinski definition) is 1. The van der Waals surface area contributed by atoms with Gasteiger partial charge in [-0.05, 0) is 49.6 Å². The Hall–Kier alpha value is -2.49. The number of aromatic nitrogens is 1. The smallest absolute Gasteiger partial charge is 0.264 e. The van der Waals surface area contributed by atoms with Crippen molar-refractivity contribution in [2.75, 3.05) is 25.0 Å². The number of anilines is 1. The monoisotopic (exact) mass is 489 g/mol. The molecule has 178 valence electrons. The van der Waals surface area contributed by atoms with Crippen LogP contribution in [0, 0.1) is 6.92 Å². The minimum atomic E-state index is -3.59. The second kappa shape index (κ2) is 11.6. The van der Waals surface area contributed by atoms with E-state index in [1.54, 1.807) is 22.5 Å². The predicted molar refractivity (Wildman–Crippen MR) is 133 cm³/mol. The number of nitrogens with zero attached hydrogens (tertiary/aromatic N) is 2. The van der Waals surface area contributed by atoms with Gasteiger partial charge in [-0.15, -0.1) is 0 Å². The van der Waals surface area contributed by atoms with Gasteiger partial charge in [-0.3, -0.25) is 10.1 Å². The maximum absolute atomic E-state index is 13.2. The highest BCUT2D eigenvalue weighted by Crippen LogP contribution is 2.29. The number of ether oxygens (including phenoxy) is 1. The van der Waals surface area contributed by atoms with Crippen molar-refractivity contribution in [1.82, 2.24) is 9.29 Å². The van der Waals surface area contributed by atoms with Gasteiger partial charge in [0.2, 0.25) is 10.0 Å². The molecule has 3 rings (SSSR count). The van der Waals surface area contributed by atoms with Gasteiger partial charge in [0, 0.05) is 13.1 Å². The summed E-state index contributed by atoms with van der Waals surface area (Å²) in [6.07, 6.45) is 3.52. The van der Waals surface area contributed by atoms with Crippen molar-refractivity contribution < 1.29 is 17.9 Å². The van der Waals surface area contributed by atoms with Crippen molar-refractivity contribution in [3.8, 4) is 5.75 Å². The quantitative estimate of drug-likeness (QED) is 0.377. The van der Waals surface area contributed by atoms with Crippen LogP contribution in [0.4, 0.5) is 5.13 Å². The Labute approximate surface area is 199 Å². The van der Waals surface area contributed by atoms with E-state index in [4.69, 9.17) is 4.74 Å². The summed E-state index contributed by atoms with van der Waals surface area (Å²) in [6, 6.07) is 12.4. The predicted octanol–water partition coefficient (Wildman–Crippen LogP) is 5.21. The molecule has 33 heavy (non-hydrogen) atoms. The maximum Gasteiger partial charge on any atom is 0.264 e. The van der Waals surface area contributed by atoms with Crippen molar-refractivity contribution >= 4 is 42.6 Å². The molecular weight excluding hydrogens is 458 g/mol. The number of unbranched alkanes of at least 4 members (excludes halogenated alkanes) is 2. The number of carbonyl (C=O) groups is 1. The van der Waals surface area contributed by atoms with Gasteiger partial charge < -0.3 is 4.74 Å². The van der Waals surface area contributed by atoms with Gasteiger partial charge in [-0.1, -0.05) is 56.2 Å². The first-order chi connectivity index (χ1) is 15.8. The Morgan fingerprint density at radius 2 is 1.79 bits per heavy atom. The van der Waals surface area contributed by atoms with Crippen LogP contribution in [0.1, 0.15) is 45.1 Å². The highest BCUT2D eigenvalue weighted by atomic mass is 32.2. The Balaban J connectivity index is 1.72. The first-order valence-electron chi connectivity index (χ1n) is 11.2. The fourth-order valence-corrected chi connectivity index (χ4v) is 5.85. The van der Waals surface area contributed by atoms with Gasteiger partial charge in [0.25, 0.3) is 5.91 Å². The molecule has 7 nitrogen and oxygen atoms in total. The van der Waals surface area contributed by atoms with Crippen molar-refractivity contribution in [2.45, 2.75) is 51.3 Å². The van der Waals surface area contributed by atoms with E-state index in [9.17, 15) is 13.2 Å². The van der Waals surface area contributed by atoms with E-state index in [0.717, 1.165) is 31.2 Å². The van der Waals surface area contributed by atoms with Gasteiger partial charge in [0.05, 0.1) is 15.1 Å². The molecule has 1 N–H and O–H groups in total. The van der Waals surface area contributed by atoms with E-state index >= 15 is 0 Å². The Morgan fingerprint density at radius 1 is 1.09 bits per heavy atom. The lowest BCUT2D eigenvalue weighted by atomic mass is 10.2. The van der Waals surface area contributed by atoms with Gasteiger partial charge in [0.1, 0.15) is 5.75 Å². The topological polar surface area (TPSA) is 88.6 Å². The second-order valence-electron chi connectivity index (χ2n) is 7.86. The van der Waals surface area contributed by atoms with Gasteiger partial charge in [-0.2, -0.15) is 4.31 Å². The van der Waals surface area contributed by atoms with Crippen molar-refractivity contribution in [1.29, 1.82) is 0 Å². The largest absolute Gasteiger partial charge is 0.483 e. The Morgan fingerprint density at radius 3 is 2.45 bits per heavy atom. The lowest BCUT2D eigenvalue weighted by molar-refractivity contribution is -0.118. The molecule has 9 heteroatoms. The molecule has 0 radical (unpaired) electrons. The minimum absolute atomic E-state index is 0.135. The molecule has 0 saturated carbocycles. The molecule has 0 aliphatic heterocycles. The van der Waals surface area contributed by atoms with Crippen LogP contribution < -0.4 is 10.1 Å². The number of sulfonamides is 1. The normalized spacial score (nSPS) is 11.8. The van der Waals surface area contributed by atoms with Crippen LogP contribution in [0.25, 0.3) is 10.2 Å². The molecule has 2 aromatic carbocycles. The summed E-state index contributed by atoms with van der Waals surface area (Å²) in [4.78, 5) is 17.0. The fraction of sp³-hybridized carbons (Fsp3) is 0.417. The number of carbonyl (C=O) groups excluding carboxylic acids is 1. The molecule has 0 atom stereocenters. The number of amides is 1. The number of para-hydroxylation sites is 1. The van der Waals surface area contributed by atoms with Crippen molar-refractivity contribution in [3.05, 3.63) is 48.0 Å². The third kappa shape index (κ3) is 6.52. The molecule has 0 aliphatic rings. The van der Waals surface area contributed by atoms with Crippen LogP contribution in [-0.2, 0) is 14.8 Å². The van der Waals surface area contributed by atoms with E-state index in [2.05, 4.69) is 24.1 Å². The van der Waals surface area contributed by atoms with Crippen molar-refractivity contribution in [3.63, 3.8) is 0 Å². The van der Waals surface area contributed by atoms with Crippen LogP contribution in [0.3, 0.4) is 0 Å². The molecule has 0 spiro atoms. The zero-order chi connectivity index (χ0) is 23.8. The Kier molecular flexibility index (Phi) is 8.82. The minimum Gasteiger partial charge on any atom is -0.483 e. The van der Waals surface area contributed by atoms with Gasteiger partial charge in [-0.25, -0.2) is 13.4 Å². The van der Waals surface area contributed by atoms with E-state index in [0.29, 0.717) is 34.2 Å². The summed E-state index contributed by atoms with van der Waals surface area (Å²) < 4.78 is 34.3. The van der Waals surface area contributed by atoms with Crippen LogP contribution >= 0.6 is 11.3 Å². The van der Waals surface area contributed by atoms with E-state index in [1.165, 1.54) is 11.3 Å². The van der Waals surface area contributed by atoms with E-state index in [1.807, 2.05) is 31.2 Å². The van der Waals surface area contributed by atoms with Crippen LogP contribution in [-0.4, -0.2) is 43.3 Å². The average Bonchev–Trinajstić information content (AvgIpc) is 3.19. The van der Waals surface area contributed by atoms with Gasteiger partial charge >= 0.3 is 0 Å². The average molecular weight is 490 g/mol. The molecule has 1 aromatic heterocycles. The molecule has 0 fully saturated rings. The fourth-order valence-electron chi connectivity index (χ4n) is 3.31. The molecular formula is C24H31N3O4S2. The maximum atomic E-state index is 13.2. The molecule has 3 aromatic rings. The number of fused-ring (bicyclic) bond motifs is 1. The molecule has 0 aliphatic carbocycles. The number of thiazole rings is 1. The van der Waals surface area contributed by atoms with Gasteiger partial charge in [0.15, 0.2) is 11.7 Å². The van der Waals surface area contributed by atoms with Crippen molar-refractivity contribution in [2.24, 2.45) is 0 Å². The third-order valence-corrected chi connectivity index (χ3v) is 8.05. The number of aryl methyl sites for hydroxylation is 1. The number of nitrogens with one attached hydrogen (secondary N) is 1. The van der Waals surface area contributed by atoms with E-state index < -0.39 is 10.0 Å². The highest BCUT2D eigenvalue weighted by Gasteiger charge is 2.24. The van der Waals surface area contributed by atoms with Crippen LogP contribution in [0.5, 0.6) is 5.75 Å². The second-order valence-corrected chi connectivity index (χ2v) is 10.8. The number of rotatable bonds is 12.